The van der Waals surface area contributed by atoms with Crippen LogP contribution in [0.15, 0.2) is 34.9 Å². The highest BCUT2D eigenvalue weighted by Gasteiger charge is 2.28. The van der Waals surface area contributed by atoms with E-state index in [0.29, 0.717) is 42.1 Å². The molecule has 0 bridgehead atoms. The number of nitrogens with zero attached hydrogens (tertiary/aromatic N) is 1. The van der Waals surface area contributed by atoms with Gasteiger partial charge < -0.3 is 14.4 Å². The highest BCUT2D eigenvalue weighted by Crippen LogP contribution is 2.26. The van der Waals surface area contributed by atoms with Crippen LogP contribution in [0.2, 0.25) is 0 Å². The smallest absolute Gasteiger partial charge is 0.311 e. The normalized spacial score (nSPS) is 15.2. The number of carbonyl (C=O) groups excluding carboxylic acids is 1. The first kappa shape index (κ1) is 18.2. The average molecular weight is 359 g/mol. The summed E-state index contributed by atoms with van der Waals surface area (Å²) in [6.07, 6.45) is 3.38. The van der Waals surface area contributed by atoms with Crippen LogP contribution in [0.3, 0.4) is 0 Å². The Morgan fingerprint density at radius 3 is 2.62 bits per heavy atom. The number of benzene rings is 1. The number of piperidine rings is 1. The molecule has 0 saturated carbocycles. The van der Waals surface area contributed by atoms with Gasteiger partial charge in [0.05, 0.1) is 11.8 Å². The minimum Gasteiger partial charge on any atom is -0.481 e. The van der Waals surface area contributed by atoms with E-state index in [-0.39, 0.29) is 23.9 Å². The maximum atomic E-state index is 13.8. The Morgan fingerprint density at radius 1 is 1.27 bits per heavy atom. The van der Waals surface area contributed by atoms with Crippen molar-refractivity contribution in [2.75, 3.05) is 13.1 Å². The molecule has 2 aromatic rings. The van der Waals surface area contributed by atoms with Crippen molar-refractivity contribution in [2.45, 2.75) is 32.6 Å². The molecule has 0 spiro atoms. The van der Waals surface area contributed by atoms with Crippen LogP contribution in [0.1, 0.15) is 40.1 Å². The number of aliphatic carboxylic acids is 1. The summed E-state index contributed by atoms with van der Waals surface area (Å²) in [5.41, 5.74) is 1.73. The summed E-state index contributed by atoms with van der Waals surface area (Å²) in [7, 11) is 0. The first-order valence-corrected chi connectivity index (χ1v) is 8.77. The lowest BCUT2D eigenvalue weighted by Gasteiger charge is -2.32. The first-order valence-electron chi connectivity index (χ1n) is 8.77. The van der Waals surface area contributed by atoms with Crippen molar-refractivity contribution in [1.82, 2.24) is 4.90 Å². The van der Waals surface area contributed by atoms with E-state index in [0.717, 1.165) is 12.8 Å². The minimum atomic E-state index is -1.03. The van der Waals surface area contributed by atoms with E-state index in [4.69, 9.17) is 9.52 Å². The lowest BCUT2D eigenvalue weighted by atomic mass is 9.89. The zero-order valence-electron chi connectivity index (χ0n) is 14.7. The molecule has 0 aliphatic carbocycles. The summed E-state index contributed by atoms with van der Waals surface area (Å²) in [5, 5.41) is 8.97. The third-order valence-electron chi connectivity index (χ3n) is 4.94. The number of furan rings is 1. The second-order valence-electron chi connectivity index (χ2n) is 6.82. The fourth-order valence-corrected chi connectivity index (χ4v) is 3.53. The van der Waals surface area contributed by atoms with Crippen molar-refractivity contribution in [3.8, 4) is 0 Å². The maximum absolute atomic E-state index is 13.8. The van der Waals surface area contributed by atoms with E-state index in [1.807, 2.05) is 6.07 Å². The number of hydrogen-bond acceptors (Lipinski definition) is 3. The van der Waals surface area contributed by atoms with E-state index >= 15 is 0 Å². The molecule has 5 nitrogen and oxygen atoms in total. The van der Waals surface area contributed by atoms with Gasteiger partial charge in [-0.25, -0.2) is 4.39 Å². The second-order valence-corrected chi connectivity index (χ2v) is 6.82. The molecule has 1 fully saturated rings. The monoisotopic (exact) mass is 359 g/mol. The number of aryl methyl sites for hydroxylation is 1. The SMILES string of the molecule is Cc1coc(CC(=O)O)c1C(=O)N1CCC(Cc2ccccc2F)CC1. The van der Waals surface area contributed by atoms with Gasteiger partial charge in [0.1, 0.15) is 18.0 Å². The number of carboxylic acid groups (broad SMARTS) is 1. The van der Waals surface area contributed by atoms with Crippen LogP contribution in [0.5, 0.6) is 0 Å². The molecule has 1 N–H and O–H groups in total. The average Bonchev–Trinajstić information content (AvgIpc) is 2.96. The molecule has 2 heterocycles. The summed E-state index contributed by atoms with van der Waals surface area (Å²) in [5.74, 6) is -0.861. The van der Waals surface area contributed by atoms with Crippen molar-refractivity contribution >= 4 is 11.9 Å². The van der Waals surface area contributed by atoms with Gasteiger partial charge in [-0.15, -0.1) is 0 Å². The molecule has 1 aromatic heterocycles. The fourth-order valence-electron chi connectivity index (χ4n) is 3.53. The molecule has 3 rings (SSSR count). The Kier molecular flexibility index (Phi) is 5.40. The Bertz CT molecular complexity index is 806. The first-order chi connectivity index (χ1) is 12.5. The highest BCUT2D eigenvalue weighted by atomic mass is 19.1. The standard InChI is InChI=1S/C20H22FNO4/c1-13-12-26-17(11-18(23)24)19(13)20(25)22-8-6-14(7-9-22)10-15-4-2-3-5-16(15)21/h2-5,12,14H,6-11H2,1H3,(H,23,24). The molecule has 1 aliphatic heterocycles. The Hall–Kier alpha value is -2.63. The highest BCUT2D eigenvalue weighted by molar-refractivity contribution is 5.97. The van der Waals surface area contributed by atoms with E-state index in [2.05, 4.69) is 0 Å². The summed E-state index contributed by atoms with van der Waals surface area (Å²) in [6.45, 7) is 2.90. The van der Waals surface area contributed by atoms with Gasteiger partial charge in [0.25, 0.3) is 5.91 Å². The van der Waals surface area contributed by atoms with E-state index < -0.39 is 5.97 Å². The number of carbonyl (C=O) groups is 2. The van der Waals surface area contributed by atoms with Crippen LogP contribution < -0.4 is 0 Å². The molecular formula is C20H22FNO4. The maximum Gasteiger partial charge on any atom is 0.311 e. The predicted octanol–water partition coefficient (Wildman–Crippen LogP) is 3.45. The van der Waals surface area contributed by atoms with Gasteiger partial charge in [0.2, 0.25) is 0 Å². The Morgan fingerprint density at radius 2 is 1.96 bits per heavy atom. The van der Waals surface area contributed by atoms with Crippen LogP contribution in [-0.4, -0.2) is 35.0 Å². The van der Waals surface area contributed by atoms with E-state index in [9.17, 15) is 14.0 Å². The molecule has 6 heteroatoms. The van der Waals surface area contributed by atoms with Gasteiger partial charge in [-0.3, -0.25) is 9.59 Å². The number of rotatable bonds is 5. The van der Waals surface area contributed by atoms with Crippen LogP contribution >= 0.6 is 0 Å². The van der Waals surface area contributed by atoms with Crippen LogP contribution in [0.4, 0.5) is 4.39 Å². The molecule has 1 amide bonds. The van der Waals surface area contributed by atoms with Crippen LogP contribution in [0, 0.1) is 18.7 Å². The number of halogens is 1. The molecule has 138 valence electrons. The molecule has 26 heavy (non-hydrogen) atoms. The number of hydrogen-bond donors (Lipinski definition) is 1. The lowest BCUT2D eigenvalue weighted by Crippen LogP contribution is -2.39. The zero-order valence-corrected chi connectivity index (χ0v) is 14.7. The molecule has 1 aromatic carbocycles. The van der Waals surface area contributed by atoms with Crippen molar-refractivity contribution < 1.29 is 23.5 Å². The topological polar surface area (TPSA) is 70.7 Å². The van der Waals surface area contributed by atoms with Gasteiger partial charge in [-0.2, -0.15) is 0 Å². The number of likely N-dealkylation sites (tertiary alicyclic amines) is 1. The van der Waals surface area contributed by atoms with E-state index in [1.54, 1.807) is 24.0 Å². The Labute approximate surface area is 151 Å². The van der Waals surface area contributed by atoms with Gasteiger partial charge in [-0.1, -0.05) is 18.2 Å². The number of amides is 1. The van der Waals surface area contributed by atoms with Crippen molar-refractivity contribution in [1.29, 1.82) is 0 Å². The van der Waals surface area contributed by atoms with Crippen molar-refractivity contribution in [2.24, 2.45) is 5.92 Å². The molecule has 0 unspecified atom stereocenters. The quantitative estimate of drug-likeness (QED) is 0.888. The number of carboxylic acids is 1. The summed E-state index contributed by atoms with van der Waals surface area (Å²) in [4.78, 5) is 25.5. The Balaban J connectivity index is 1.63. The van der Waals surface area contributed by atoms with Gasteiger partial charge in [-0.05, 0) is 43.7 Å². The zero-order chi connectivity index (χ0) is 18.7. The van der Waals surface area contributed by atoms with Crippen molar-refractivity contribution in [3.63, 3.8) is 0 Å². The van der Waals surface area contributed by atoms with Crippen LogP contribution in [0.25, 0.3) is 0 Å². The van der Waals surface area contributed by atoms with Gasteiger partial charge >= 0.3 is 5.97 Å². The third-order valence-corrected chi connectivity index (χ3v) is 4.94. The summed E-state index contributed by atoms with van der Waals surface area (Å²) in [6, 6.07) is 6.80. The second kappa shape index (κ2) is 7.72. The fraction of sp³-hybridized carbons (Fsp3) is 0.400. The van der Waals surface area contributed by atoms with Gasteiger partial charge in [0.15, 0.2) is 0 Å². The lowest BCUT2D eigenvalue weighted by molar-refractivity contribution is -0.136. The molecular weight excluding hydrogens is 337 g/mol. The summed E-state index contributed by atoms with van der Waals surface area (Å²) < 4.78 is 19.1. The van der Waals surface area contributed by atoms with Crippen molar-refractivity contribution in [3.05, 3.63) is 58.8 Å². The summed E-state index contributed by atoms with van der Waals surface area (Å²) >= 11 is 0. The largest absolute Gasteiger partial charge is 0.481 e. The van der Waals surface area contributed by atoms with Crippen LogP contribution in [-0.2, 0) is 17.6 Å². The molecule has 1 aliphatic rings. The molecule has 0 atom stereocenters. The molecule has 0 radical (unpaired) electrons. The third kappa shape index (κ3) is 3.95. The molecule has 1 saturated heterocycles. The van der Waals surface area contributed by atoms with E-state index in [1.165, 1.54) is 12.3 Å². The predicted molar refractivity (Wildman–Crippen MR) is 93.5 cm³/mol. The minimum absolute atomic E-state index is 0.182. The van der Waals surface area contributed by atoms with Gasteiger partial charge in [0, 0.05) is 18.7 Å².